The van der Waals surface area contributed by atoms with Crippen molar-refractivity contribution in [3.8, 4) is 0 Å². The van der Waals surface area contributed by atoms with E-state index in [0.29, 0.717) is 16.8 Å². The Hall–Kier alpha value is -0.880. The fourth-order valence-corrected chi connectivity index (χ4v) is 1.02. The summed E-state index contributed by atoms with van der Waals surface area (Å²) in [5.74, 6) is 0.447. The van der Waals surface area contributed by atoms with Gasteiger partial charge in [-0.15, -0.1) is 17.0 Å². The van der Waals surface area contributed by atoms with E-state index in [4.69, 9.17) is 4.42 Å². The molecule has 14 heavy (non-hydrogen) atoms. The van der Waals surface area contributed by atoms with Crippen molar-refractivity contribution < 1.29 is 13.8 Å². The number of hydrogen-bond acceptors (Lipinski definition) is 3. The van der Waals surface area contributed by atoms with Crippen LogP contribution in [0, 0.1) is 10.1 Å². The highest BCUT2D eigenvalue weighted by molar-refractivity contribution is 8.93. The first kappa shape index (κ1) is 13.1. The first-order valence-corrected chi connectivity index (χ1v) is 3.92. The van der Waals surface area contributed by atoms with E-state index in [1.54, 1.807) is 6.07 Å². The molecule has 0 aromatic carbocycles. The van der Waals surface area contributed by atoms with Gasteiger partial charge in [-0.05, 0) is 6.07 Å². The summed E-state index contributed by atoms with van der Waals surface area (Å²) in [5, 5.41) is 10.3. The van der Waals surface area contributed by atoms with Crippen molar-refractivity contribution >= 4 is 22.9 Å². The molecular weight excluding hydrogens is 252 g/mol. The van der Waals surface area contributed by atoms with Crippen molar-refractivity contribution in [1.82, 2.24) is 0 Å². The molecule has 0 N–H and O–H groups in total. The molecule has 1 aromatic heterocycles. The third-order valence-corrected chi connectivity index (χ3v) is 1.46. The summed E-state index contributed by atoms with van der Waals surface area (Å²) in [5.41, 5.74) is 0. The molecule has 6 heteroatoms. The third-order valence-electron chi connectivity index (χ3n) is 1.46. The van der Waals surface area contributed by atoms with Gasteiger partial charge in [0.15, 0.2) is 5.76 Å². The molecule has 5 nitrogen and oxygen atoms in total. The Balaban J connectivity index is 0.00000169. The van der Waals surface area contributed by atoms with Crippen LogP contribution < -0.4 is 0 Å². The van der Waals surface area contributed by atoms with E-state index < -0.39 is 4.92 Å². The fourth-order valence-electron chi connectivity index (χ4n) is 1.02. The normalized spacial score (nSPS) is 10.8. The zero-order valence-electron chi connectivity index (χ0n) is 8.39. The zero-order valence-corrected chi connectivity index (χ0v) is 10.1. The molecule has 0 radical (unpaired) electrons. The predicted octanol–water partition coefficient (Wildman–Crippen LogP) is 1.97. The van der Waals surface area contributed by atoms with E-state index in [2.05, 4.69) is 0 Å². The van der Waals surface area contributed by atoms with Crippen molar-refractivity contribution in [2.75, 3.05) is 21.1 Å². The summed E-state index contributed by atoms with van der Waals surface area (Å²) in [6.45, 7) is 0.647. The van der Waals surface area contributed by atoms with Gasteiger partial charge in [-0.25, -0.2) is 0 Å². The third kappa shape index (κ3) is 3.89. The lowest BCUT2D eigenvalue weighted by atomic mass is 10.4. The maximum atomic E-state index is 10.3. The first-order chi connectivity index (χ1) is 5.88. The highest BCUT2D eigenvalue weighted by atomic mass is 79.9. The average molecular weight is 266 g/mol. The van der Waals surface area contributed by atoms with E-state index in [1.165, 1.54) is 6.07 Å². The second kappa shape index (κ2) is 4.56. The van der Waals surface area contributed by atoms with Gasteiger partial charge in [0.1, 0.15) is 11.5 Å². The SMILES string of the molecule is Br.C[N+](C)(C)Cc1ccc([N+](=O)[O-])o1. The Kier molecular flexibility index (Phi) is 4.28. The van der Waals surface area contributed by atoms with E-state index in [-0.39, 0.29) is 22.9 Å². The average Bonchev–Trinajstić information content (AvgIpc) is 2.31. The molecule has 0 unspecified atom stereocenters. The highest BCUT2D eigenvalue weighted by Gasteiger charge is 2.16. The van der Waals surface area contributed by atoms with Crippen molar-refractivity contribution in [2.24, 2.45) is 0 Å². The molecule has 0 aliphatic carbocycles. The molecule has 0 aliphatic heterocycles. The van der Waals surface area contributed by atoms with Crippen LogP contribution in [0.2, 0.25) is 0 Å². The summed E-state index contributed by atoms with van der Waals surface area (Å²) < 4.78 is 5.69. The van der Waals surface area contributed by atoms with Crippen LogP contribution in [0.5, 0.6) is 0 Å². The zero-order chi connectivity index (χ0) is 10.1. The predicted molar refractivity (Wildman–Crippen MR) is 57.4 cm³/mol. The maximum absolute atomic E-state index is 10.3. The molecule has 0 spiro atoms. The molecule has 0 amide bonds. The number of quaternary nitrogens is 1. The Morgan fingerprint density at radius 1 is 1.43 bits per heavy atom. The van der Waals surface area contributed by atoms with E-state index >= 15 is 0 Å². The van der Waals surface area contributed by atoms with Crippen LogP contribution in [0.3, 0.4) is 0 Å². The van der Waals surface area contributed by atoms with E-state index in [9.17, 15) is 10.1 Å². The highest BCUT2D eigenvalue weighted by Crippen LogP contribution is 2.17. The van der Waals surface area contributed by atoms with Crippen LogP contribution in [-0.2, 0) is 6.54 Å². The Morgan fingerprint density at radius 2 is 2.00 bits per heavy atom. The van der Waals surface area contributed by atoms with Gasteiger partial charge in [0.05, 0.1) is 27.2 Å². The lowest BCUT2D eigenvalue weighted by Gasteiger charge is -2.21. The number of furan rings is 1. The van der Waals surface area contributed by atoms with Crippen molar-refractivity contribution in [1.29, 1.82) is 0 Å². The Bertz CT molecular complexity index is 317. The number of nitrogens with zero attached hydrogens (tertiary/aromatic N) is 2. The molecule has 0 fully saturated rings. The second-order valence-electron chi connectivity index (χ2n) is 3.95. The van der Waals surface area contributed by atoms with E-state index in [0.717, 1.165) is 0 Å². The molecule has 0 aliphatic rings. The van der Waals surface area contributed by atoms with Crippen LogP contribution in [0.15, 0.2) is 16.5 Å². The molecule has 0 atom stereocenters. The van der Waals surface area contributed by atoms with Gasteiger partial charge in [0, 0.05) is 0 Å². The van der Waals surface area contributed by atoms with Crippen molar-refractivity contribution in [3.63, 3.8) is 0 Å². The summed E-state index contributed by atoms with van der Waals surface area (Å²) in [6.07, 6.45) is 0. The summed E-state index contributed by atoms with van der Waals surface area (Å²) in [4.78, 5) is 9.76. The topological polar surface area (TPSA) is 56.3 Å². The summed E-state index contributed by atoms with van der Waals surface area (Å²) in [6, 6.07) is 3.02. The van der Waals surface area contributed by atoms with Gasteiger partial charge < -0.3 is 8.90 Å². The fraction of sp³-hybridized carbons (Fsp3) is 0.500. The number of nitro groups is 1. The van der Waals surface area contributed by atoms with E-state index in [1.807, 2.05) is 21.1 Å². The van der Waals surface area contributed by atoms with Gasteiger partial charge in [-0.2, -0.15) is 0 Å². The number of hydrogen-bond donors (Lipinski definition) is 0. The summed E-state index contributed by atoms with van der Waals surface area (Å²) >= 11 is 0. The Labute approximate surface area is 92.8 Å². The van der Waals surface area contributed by atoms with Crippen LogP contribution >= 0.6 is 17.0 Å². The molecule has 1 rings (SSSR count). The standard InChI is InChI=1S/C8H13N2O3.BrH/c1-10(2,3)6-7-4-5-8(13-7)9(11)12;/h4-5H,6H2,1-3H3;1H/q+1;. The molecule has 0 bridgehead atoms. The molecule has 1 heterocycles. The van der Waals surface area contributed by atoms with Gasteiger partial charge in [0.25, 0.3) is 0 Å². The quantitative estimate of drug-likeness (QED) is 0.477. The van der Waals surface area contributed by atoms with Gasteiger partial charge in [-0.1, -0.05) is 0 Å². The molecule has 1 aromatic rings. The minimum atomic E-state index is -0.529. The van der Waals surface area contributed by atoms with Crippen LogP contribution in [-0.4, -0.2) is 30.5 Å². The van der Waals surface area contributed by atoms with Gasteiger partial charge in [-0.3, -0.25) is 10.1 Å². The van der Waals surface area contributed by atoms with Crippen LogP contribution in [0.25, 0.3) is 0 Å². The van der Waals surface area contributed by atoms with Crippen molar-refractivity contribution in [2.45, 2.75) is 6.54 Å². The molecule has 0 saturated carbocycles. The smallest absolute Gasteiger partial charge is 0.400 e. The largest absolute Gasteiger partial charge is 0.433 e. The summed E-state index contributed by atoms with van der Waals surface area (Å²) in [7, 11) is 5.98. The minimum Gasteiger partial charge on any atom is -0.400 e. The molecule has 80 valence electrons. The molecular formula is C8H14BrN2O3+. The van der Waals surface area contributed by atoms with Crippen LogP contribution in [0.4, 0.5) is 5.88 Å². The molecule has 0 saturated heterocycles. The van der Waals surface area contributed by atoms with Gasteiger partial charge >= 0.3 is 5.88 Å². The Morgan fingerprint density at radius 3 is 2.36 bits per heavy atom. The lowest BCUT2D eigenvalue weighted by Crippen LogP contribution is -2.33. The number of halogens is 1. The minimum absolute atomic E-state index is 0. The van der Waals surface area contributed by atoms with Gasteiger partial charge in [0.2, 0.25) is 0 Å². The maximum Gasteiger partial charge on any atom is 0.433 e. The number of rotatable bonds is 3. The first-order valence-electron chi connectivity index (χ1n) is 3.92. The van der Waals surface area contributed by atoms with Crippen LogP contribution in [0.1, 0.15) is 5.76 Å². The second-order valence-corrected chi connectivity index (χ2v) is 3.95. The monoisotopic (exact) mass is 265 g/mol. The van der Waals surface area contributed by atoms with Crippen molar-refractivity contribution in [3.05, 3.63) is 28.0 Å². The lowest BCUT2D eigenvalue weighted by molar-refractivity contribution is -0.884.